The van der Waals surface area contributed by atoms with E-state index in [0.717, 1.165) is 12.1 Å². The highest BCUT2D eigenvalue weighted by Crippen LogP contribution is 2.30. The van der Waals surface area contributed by atoms with E-state index in [9.17, 15) is 18.3 Å². The number of aliphatic hydroxyl groups excluding tert-OH is 1. The van der Waals surface area contributed by atoms with Gasteiger partial charge in [-0.1, -0.05) is 6.07 Å². The number of halogens is 3. The number of rotatable bonds is 6. The predicted octanol–water partition coefficient (Wildman–Crippen LogP) is 2.95. The summed E-state index contributed by atoms with van der Waals surface area (Å²) >= 11 is 0. The van der Waals surface area contributed by atoms with Crippen LogP contribution in [-0.2, 0) is 6.18 Å². The Bertz CT molecular complexity index is 574. The Labute approximate surface area is 125 Å². The Morgan fingerprint density at radius 2 is 1.86 bits per heavy atom. The van der Waals surface area contributed by atoms with Crippen LogP contribution in [0.5, 0.6) is 5.75 Å². The van der Waals surface area contributed by atoms with E-state index in [0.29, 0.717) is 5.82 Å². The molecule has 0 amide bonds. The van der Waals surface area contributed by atoms with Gasteiger partial charge in [-0.3, -0.25) is 0 Å². The van der Waals surface area contributed by atoms with Gasteiger partial charge >= 0.3 is 6.18 Å². The number of hydrogen-bond donors (Lipinski definition) is 2. The van der Waals surface area contributed by atoms with Gasteiger partial charge in [-0.2, -0.15) is 13.2 Å². The third-order valence-corrected chi connectivity index (χ3v) is 2.81. The molecule has 7 heteroatoms. The maximum absolute atomic E-state index is 12.4. The first-order chi connectivity index (χ1) is 10.4. The quantitative estimate of drug-likeness (QED) is 0.861. The lowest BCUT2D eigenvalue weighted by molar-refractivity contribution is -0.137. The van der Waals surface area contributed by atoms with Crippen LogP contribution in [0.3, 0.4) is 0 Å². The summed E-state index contributed by atoms with van der Waals surface area (Å²) in [4.78, 5) is 4.03. The van der Waals surface area contributed by atoms with E-state index in [1.54, 1.807) is 24.4 Å². The highest BCUT2D eigenvalue weighted by atomic mass is 19.4. The van der Waals surface area contributed by atoms with Crippen LogP contribution >= 0.6 is 0 Å². The highest BCUT2D eigenvalue weighted by molar-refractivity contribution is 5.33. The third kappa shape index (κ3) is 4.92. The number of aliphatic hydroxyl groups is 1. The van der Waals surface area contributed by atoms with Gasteiger partial charge in [0.2, 0.25) is 0 Å². The molecule has 0 fully saturated rings. The van der Waals surface area contributed by atoms with Crippen LogP contribution < -0.4 is 10.1 Å². The minimum atomic E-state index is -4.37. The lowest BCUT2D eigenvalue weighted by Crippen LogP contribution is -2.26. The average Bonchev–Trinajstić information content (AvgIpc) is 2.51. The van der Waals surface area contributed by atoms with Gasteiger partial charge in [-0.15, -0.1) is 0 Å². The van der Waals surface area contributed by atoms with Crippen molar-refractivity contribution in [3.05, 3.63) is 54.2 Å². The largest absolute Gasteiger partial charge is 0.491 e. The Balaban J connectivity index is 1.77. The second-order valence-corrected chi connectivity index (χ2v) is 4.58. The highest BCUT2D eigenvalue weighted by Gasteiger charge is 2.30. The first-order valence-electron chi connectivity index (χ1n) is 6.58. The molecule has 0 bridgehead atoms. The van der Waals surface area contributed by atoms with E-state index >= 15 is 0 Å². The molecule has 1 aromatic heterocycles. The van der Waals surface area contributed by atoms with Gasteiger partial charge in [0.25, 0.3) is 0 Å². The lowest BCUT2D eigenvalue weighted by Gasteiger charge is -2.14. The van der Waals surface area contributed by atoms with Crippen molar-refractivity contribution in [2.75, 3.05) is 18.5 Å². The van der Waals surface area contributed by atoms with Gasteiger partial charge in [0, 0.05) is 12.7 Å². The molecule has 0 aliphatic heterocycles. The molecule has 1 heterocycles. The molecule has 0 radical (unpaired) electrons. The number of ether oxygens (including phenoxy) is 1. The van der Waals surface area contributed by atoms with Crippen LogP contribution in [-0.4, -0.2) is 29.3 Å². The zero-order valence-electron chi connectivity index (χ0n) is 11.5. The molecule has 2 N–H and O–H groups in total. The van der Waals surface area contributed by atoms with Crippen LogP contribution in [0.25, 0.3) is 0 Å². The molecule has 118 valence electrons. The number of pyridine rings is 1. The summed E-state index contributed by atoms with van der Waals surface area (Å²) < 4.78 is 42.4. The molecule has 1 unspecified atom stereocenters. The average molecular weight is 312 g/mol. The van der Waals surface area contributed by atoms with Crippen molar-refractivity contribution in [1.82, 2.24) is 4.98 Å². The van der Waals surface area contributed by atoms with Crippen molar-refractivity contribution in [2.24, 2.45) is 0 Å². The van der Waals surface area contributed by atoms with E-state index in [1.807, 2.05) is 0 Å². The molecule has 4 nitrogen and oxygen atoms in total. The van der Waals surface area contributed by atoms with Crippen LogP contribution in [0.15, 0.2) is 48.7 Å². The molecule has 1 atom stereocenters. The molecular weight excluding hydrogens is 297 g/mol. The Morgan fingerprint density at radius 3 is 2.45 bits per heavy atom. The topological polar surface area (TPSA) is 54.4 Å². The standard InChI is InChI=1S/C15H15F3N2O2/c16-15(17,18)11-4-6-13(7-5-11)22-10-12(21)9-20-14-3-1-2-8-19-14/h1-8,12,21H,9-10H2,(H,19,20). The fourth-order valence-corrected chi connectivity index (χ4v) is 1.68. The zero-order chi connectivity index (χ0) is 16.0. The summed E-state index contributed by atoms with van der Waals surface area (Å²) in [5.41, 5.74) is -0.739. The number of anilines is 1. The lowest BCUT2D eigenvalue weighted by atomic mass is 10.2. The van der Waals surface area contributed by atoms with Crippen LogP contribution in [0, 0.1) is 0 Å². The van der Waals surface area contributed by atoms with Gasteiger partial charge in [-0.25, -0.2) is 4.98 Å². The normalized spacial score (nSPS) is 12.7. The SMILES string of the molecule is OC(CNc1ccccn1)COc1ccc(C(F)(F)F)cc1. The van der Waals surface area contributed by atoms with Crippen molar-refractivity contribution >= 4 is 5.82 Å². The monoisotopic (exact) mass is 312 g/mol. The number of hydrogen-bond acceptors (Lipinski definition) is 4. The first kappa shape index (κ1) is 16.1. The molecule has 22 heavy (non-hydrogen) atoms. The fraction of sp³-hybridized carbons (Fsp3) is 0.267. The van der Waals surface area contributed by atoms with Crippen molar-refractivity contribution in [3.8, 4) is 5.75 Å². The maximum Gasteiger partial charge on any atom is 0.416 e. The number of benzene rings is 1. The third-order valence-electron chi connectivity index (χ3n) is 2.81. The molecule has 2 rings (SSSR count). The number of nitrogens with one attached hydrogen (secondary N) is 1. The van der Waals surface area contributed by atoms with Crippen LogP contribution in [0.2, 0.25) is 0 Å². The zero-order valence-corrected chi connectivity index (χ0v) is 11.5. The van der Waals surface area contributed by atoms with Gasteiger partial charge in [0.05, 0.1) is 5.56 Å². The first-order valence-corrected chi connectivity index (χ1v) is 6.58. The van der Waals surface area contributed by atoms with Crippen molar-refractivity contribution < 1.29 is 23.0 Å². The number of alkyl halides is 3. The summed E-state index contributed by atoms with van der Waals surface area (Å²) in [7, 11) is 0. The molecule has 0 aliphatic rings. The van der Waals surface area contributed by atoms with Gasteiger partial charge in [0.15, 0.2) is 0 Å². The van der Waals surface area contributed by atoms with E-state index in [2.05, 4.69) is 10.3 Å². The predicted molar refractivity (Wildman–Crippen MR) is 75.7 cm³/mol. The van der Waals surface area contributed by atoms with Crippen molar-refractivity contribution in [2.45, 2.75) is 12.3 Å². The molecule has 1 aromatic carbocycles. The Morgan fingerprint density at radius 1 is 1.14 bits per heavy atom. The summed E-state index contributed by atoms with van der Waals surface area (Å²) in [6.07, 6.45) is -3.57. The van der Waals surface area contributed by atoms with Gasteiger partial charge in [-0.05, 0) is 36.4 Å². The van der Waals surface area contributed by atoms with E-state index < -0.39 is 17.8 Å². The number of aromatic nitrogens is 1. The Kier molecular flexibility index (Phi) is 5.21. The minimum Gasteiger partial charge on any atom is -0.491 e. The van der Waals surface area contributed by atoms with Crippen LogP contribution in [0.4, 0.5) is 19.0 Å². The second-order valence-electron chi connectivity index (χ2n) is 4.58. The Hall–Kier alpha value is -2.28. The van der Waals surface area contributed by atoms with E-state index in [-0.39, 0.29) is 18.9 Å². The molecule has 0 aliphatic carbocycles. The van der Waals surface area contributed by atoms with E-state index in [1.165, 1.54) is 12.1 Å². The smallest absolute Gasteiger partial charge is 0.416 e. The number of nitrogens with zero attached hydrogens (tertiary/aromatic N) is 1. The maximum atomic E-state index is 12.4. The summed E-state index contributed by atoms with van der Waals surface area (Å²) in [6.45, 7) is 0.183. The summed E-state index contributed by atoms with van der Waals surface area (Å²) in [5, 5.41) is 12.7. The fourth-order valence-electron chi connectivity index (χ4n) is 1.68. The summed E-state index contributed by atoms with van der Waals surface area (Å²) in [5.74, 6) is 0.890. The molecule has 2 aromatic rings. The van der Waals surface area contributed by atoms with Gasteiger partial charge in [0.1, 0.15) is 24.3 Å². The minimum absolute atomic E-state index is 0.0365. The van der Waals surface area contributed by atoms with Crippen LogP contribution in [0.1, 0.15) is 5.56 Å². The van der Waals surface area contributed by atoms with Crippen molar-refractivity contribution in [3.63, 3.8) is 0 Å². The second kappa shape index (κ2) is 7.13. The molecule has 0 saturated heterocycles. The summed E-state index contributed by atoms with van der Waals surface area (Å²) in [6, 6.07) is 9.66. The molecular formula is C15H15F3N2O2. The van der Waals surface area contributed by atoms with Gasteiger partial charge < -0.3 is 15.2 Å². The van der Waals surface area contributed by atoms with Crippen molar-refractivity contribution in [1.29, 1.82) is 0 Å². The molecule has 0 spiro atoms. The molecule has 0 saturated carbocycles. The van der Waals surface area contributed by atoms with E-state index in [4.69, 9.17) is 4.74 Å².